The fourth-order valence-corrected chi connectivity index (χ4v) is 5.00. The van der Waals surface area contributed by atoms with E-state index in [9.17, 15) is 13.2 Å². The van der Waals surface area contributed by atoms with Gasteiger partial charge in [0, 0.05) is 44.2 Å². The van der Waals surface area contributed by atoms with Crippen LogP contribution in [-0.2, 0) is 10.0 Å². The third-order valence-corrected chi connectivity index (χ3v) is 7.20. The number of pyridine rings is 1. The summed E-state index contributed by atoms with van der Waals surface area (Å²) in [6.45, 7) is 1.24. The zero-order valence-corrected chi connectivity index (χ0v) is 19.1. The van der Waals surface area contributed by atoms with Gasteiger partial charge in [-0.25, -0.2) is 13.2 Å². The van der Waals surface area contributed by atoms with Gasteiger partial charge in [-0.15, -0.1) is 0 Å². The largest absolute Gasteiger partial charge is 0.493 e. The van der Waals surface area contributed by atoms with Crippen molar-refractivity contribution in [2.24, 2.45) is 5.92 Å². The van der Waals surface area contributed by atoms with E-state index in [4.69, 9.17) is 14.2 Å². The van der Waals surface area contributed by atoms with Gasteiger partial charge in [0.1, 0.15) is 4.90 Å². The highest BCUT2D eigenvalue weighted by atomic mass is 32.2. The first kappa shape index (κ1) is 23.6. The van der Waals surface area contributed by atoms with Crippen LogP contribution in [0.3, 0.4) is 0 Å². The molecule has 174 valence electrons. The quantitative estimate of drug-likeness (QED) is 0.615. The third-order valence-electron chi connectivity index (χ3n) is 5.32. The molecule has 1 fully saturated rings. The molecule has 2 N–H and O–H groups in total. The van der Waals surface area contributed by atoms with Crippen LogP contribution in [-0.4, -0.2) is 64.7 Å². The van der Waals surface area contributed by atoms with E-state index in [-0.39, 0.29) is 16.8 Å². The molecule has 2 aromatic rings. The lowest BCUT2D eigenvalue weighted by Gasteiger charge is -2.31. The Hall–Kier alpha value is -3.05. The molecule has 0 aliphatic carbocycles. The van der Waals surface area contributed by atoms with Crippen molar-refractivity contribution in [3.63, 3.8) is 0 Å². The first-order valence-corrected chi connectivity index (χ1v) is 11.6. The van der Waals surface area contributed by atoms with Crippen LogP contribution in [0.15, 0.2) is 41.6 Å². The molecule has 10 nitrogen and oxygen atoms in total. The van der Waals surface area contributed by atoms with Crippen LogP contribution in [0.1, 0.15) is 12.8 Å². The number of amides is 2. The molecule has 0 spiro atoms. The van der Waals surface area contributed by atoms with Gasteiger partial charge >= 0.3 is 6.03 Å². The molecular formula is C21H28N4O6S. The normalized spacial score (nSPS) is 15.1. The van der Waals surface area contributed by atoms with Gasteiger partial charge in [0.25, 0.3) is 0 Å². The summed E-state index contributed by atoms with van der Waals surface area (Å²) in [6, 6.07) is 6.06. The Morgan fingerprint density at radius 2 is 1.78 bits per heavy atom. The molecule has 3 rings (SSSR count). The average molecular weight is 465 g/mol. The number of carbonyl (C=O) groups is 1. The number of carbonyl (C=O) groups excluding carboxylic acids is 1. The second kappa shape index (κ2) is 10.5. The number of benzene rings is 1. The van der Waals surface area contributed by atoms with E-state index in [0.717, 1.165) is 0 Å². The predicted molar refractivity (Wildman–Crippen MR) is 119 cm³/mol. The minimum Gasteiger partial charge on any atom is -0.493 e. The van der Waals surface area contributed by atoms with Gasteiger partial charge in [-0.2, -0.15) is 4.31 Å². The molecule has 1 saturated heterocycles. The van der Waals surface area contributed by atoms with Crippen molar-refractivity contribution in [2.45, 2.75) is 17.7 Å². The second-order valence-corrected chi connectivity index (χ2v) is 9.22. The number of methoxy groups -OCH3 is 3. The lowest BCUT2D eigenvalue weighted by atomic mass is 9.98. The Kier molecular flexibility index (Phi) is 7.75. The van der Waals surface area contributed by atoms with Crippen LogP contribution in [0.2, 0.25) is 0 Å². The molecule has 0 radical (unpaired) electrons. The summed E-state index contributed by atoms with van der Waals surface area (Å²) < 4.78 is 42.7. The average Bonchev–Trinajstić information content (AvgIpc) is 2.82. The molecule has 1 aliphatic heterocycles. The van der Waals surface area contributed by atoms with E-state index in [1.165, 1.54) is 31.8 Å². The number of ether oxygens (including phenoxy) is 3. The smallest absolute Gasteiger partial charge is 0.319 e. The molecule has 0 atom stereocenters. The van der Waals surface area contributed by atoms with E-state index >= 15 is 0 Å². The Bertz CT molecular complexity index is 999. The van der Waals surface area contributed by atoms with Crippen molar-refractivity contribution in [2.75, 3.05) is 46.3 Å². The van der Waals surface area contributed by atoms with E-state index < -0.39 is 10.0 Å². The van der Waals surface area contributed by atoms with Crippen LogP contribution in [0, 0.1) is 5.92 Å². The fraction of sp³-hybridized carbons (Fsp3) is 0.429. The SMILES string of the molecule is COc1cc(NC(=O)NCC2CCN(S(=O)(=O)c3cccnc3)CC2)cc(OC)c1OC. The van der Waals surface area contributed by atoms with Gasteiger partial charge in [0.15, 0.2) is 11.5 Å². The second-order valence-electron chi connectivity index (χ2n) is 7.29. The summed E-state index contributed by atoms with van der Waals surface area (Å²) in [7, 11) is 0.972. The highest BCUT2D eigenvalue weighted by Crippen LogP contribution is 2.39. The lowest BCUT2D eigenvalue weighted by Crippen LogP contribution is -2.42. The Labute approximate surface area is 187 Å². The number of hydrogen-bond donors (Lipinski definition) is 2. The summed E-state index contributed by atoms with van der Waals surface area (Å²) in [5.41, 5.74) is 0.495. The van der Waals surface area contributed by atoms with Gasteiger partial charge < -0.3 is 24.8 Å². The Balaban J connectivity index is 1.52. The predicted octanol–water partition coefficient (Wildman–Crippen LogP) is 2.33. The minimum atomic E-state index is -3.54. The Morgan fingerprint density at radius 3 is 2.31 bits per heavy atom. The van der Waals surface area contributed by atoms with Gasteiger partial charge in [0.2, 0.25) is 15.8 Å². The van der Waals surface area contributed by atoms with Crippen molar-refractivity contribution in [1.82, 2.24) is 14.6 Å². The van der Waals surface area contributed by atoms with Crippen molar-refractivity contribution < 1.29 is 27.4 Å². The first-order valence-electron chi connectivity index (χ1n) is 10.1. The van der Waals surface area contributed by atoms with Crippen molar-refractivity contribution in [3.8, 4) is 17.2 Å². The van der Waals surface area contributed by atoms with Crippen molar-refractivity contribution in [1.29, 1.82) is 0 Å². The van der Waals surface area contributed by atoms with Gasteiger partial charge in [0.05, 0.1) is 27.0 Å². The molecule has 0 saturated carbocycles. The molecule has 2 heterocycles. The van der Waals surface area contributed by atoms with Gasteiger partial charge in [-0.1, -0.05) is 0 Å². The van der Waals surface area contributed by atoms with Crippen molar-refractivity contribution in [3.05, 3.63) is 36.7 Å². The van der Waals surface area contributed by atoms with Crippen LogP contribution >= 0.6 is 0 Å². The monoisotopic (exact) mass is 464 g/mol. The number of piperidine rings is 1. The van der Waals surface area contributed by atoms with Crippen LogP contribution in [0.5, 0.6) is 17.2 Å². The number of hydrogen-bond acceptors (Lipinski definition) is 7. The maximum absolute atomic E-state index is 12.7. The molecule has 0 bridgehead atoms. The van der Waals surface area contributed by atoms with Crippen LogP contribution in [0.4, 0.5) is 10.5 Å². The minimum absolute atomic E-state index is 0.182. The molecule has 32 heavy (non-hydrogen) atoms. The van der Waals surface area contributed by atoms with Crippen LogP contribution in [0.25, 0.3) is 0 Å². The summed E-state index contributed by atoms with van der Waals surface area (Å²) in [5.74, 6) is 1.49. The number of aromatic nitrogens is 1. The number of nitrogens with one attached hydrogen (secondary N) is 2. The number of nitrogens with zero attached hydrogens (tertiary/aromatic N) is 2. The maximum Gasteiger partial charge on any atom is 0.319 e. The summed E-state index contributed by atoms with van der Waals surface area (Å²) in [5, 5.41) is 5.61. The summed E-state index contributed by atoms with van der Waals surface area (Å²) >= 11 is 0. The number of rotatable bonds is 8. The maximum atomic E-state index is 12.7. The molecule has 1 aromatic heterocycles. The Morgan fingerprint density at radius 1 is 1.12 bits per heavy atom. The van der Waals surface area contributed by atoms with E-state index in [0.29, 0.717) is 55.4 Å². The number of sulfonamides is 1. The molecular weight excluding hydrogens is 436 g/mol. The zero-order chi connectivity index (χ0) is 23.1. The molecule has 11 heteroatoms. The fourth-order valence-electron chi connectivity index (χ4n) is 3.57. The summed E-state index contributed by atoms with van der Waals surface area (Å²) in [4.78, 5) is 16.5. The van der Waals surface area contributed by atoms with E-state index in [1.807, 2.05) is 0 Å². The van der Waals surface area contributed by atoms with Gasteiger partial charge in [-0.05, 0) is 30.9 Å². The first-order chi connectivity index (χ1) is 15.4. The van der Waals surface area contributed by atoms with Crippen LogP contribution < -0.4 is 24.8 Å². The number of urea groups is 1. The molecule has 2 amide bonds. The topological polar surface area (TPSA) is 119 Å². The van der Waals surface area contributed by atoms with Crippen molar-refractivity contribution >= 4 is 21.7 Å². The highest BCUT2D eigenvalue weighted by Gasteiger charge is 2.29. The third kappa shape index (κ3) is 5.40. The van der Waals surface area contributed by atoms with E-state index in [1.54, 1.807) is 30.5 Å². The zero-order valence-electron chi connectivity index (χ0n) is 18.3. The number of anilines is 1. The van der Waals surface area contributed by atoms with E-state index in [2.05, 4.69) is 15.6 Å². The highest BCUT2D eigenvalue weighted by molar-refractivity contribution is 7.89. The lowest BCUT2D eigenvalue weighted by molar-refractivity contribution is 0.240. The molecule has 1 aromatic carbocycles. The standard InChI is InChI=1S/C21H28N4O6S/c1-29-18-11-16(12-19(30-2)20(18)31-3)24-21(26)23-13-15-6-9-25(10-7-15)32(27,28)17-5-4-8-22-14-17/h4-5,8,11-12,14-15H,6-7,9-10,13H2,1-3H3,(H2,23,24,26). The molecule has 0 unspecified atom stereocenters. The van der Waals surface area contributed by atoms with Gasteiger partial charge in [-0.3, -0.25) is 4.98 Å². The molecule has 1 aliphatic rings. The summed E-state index contributed by atoms with van der Waals surface area (Å²) in [6.07, 6.45) is 4.21.